The van der Waals surface area contributed by atoms with Crippen LogP contribution in [0.4, 0.5) is 4.79 Å². The van der Waals surface area contributed by atoms with Gasteiger partial charge < -0.3 is 9.47 Å². The highest BCUT2D eigenvalue weighted by molar-refractivity contribution is 9.10. The van der Waals surface area contributed by atoms with Crippen LogP contribution >= 0.6 is 39.3 Å². The number of benzene rings is 3. The third-order valence-electron chi connectivity index (χ3n) is 4.92. The first-order chi connectivity index (χ1) is 15.9. The minimum atomic E-state index is -0.325. The van der Waals surface area contributed by atoms with Gasteiger partial charge in [-0.2, -0.15) is 0 Å². The van der Waals surface area contributed by atoms with E-state index in [1.807, 2.05) is 30.3 Å². The molecule has 0 atom stereocenters. The number of rotatable bonds is 7. The fourth-order valence-electron chi connectivity index (χ4n) is 3.19. The van der Waals surface area contributed by atoms with E-state index in [-0.39, 0.29) is 17.7 Å². The molecule has 1 fully saturated rings. The molecule has 1 heterocycles. The number of halogens is 2. The van der Waals surface area contributed by atoms with E-state index in [1.54, 1.807) is 49.6 Å². The molecule has 168 valence electrons. The van der Waals surface area contributed by atoms with Crippen molar-refractivity contribution in [1.82, 2.24) is 4.90 Å². The van der Waals surface area contributed by atoms with Gasteiger partial charge in [-0.15, -0.1) is 0 Å². The summed E-state index contributed by atoms with van der Waals surface area (Å²) in [6.45, 7) is 0.595. The average Bonchev–Trinajstić information content (AvgIpc) is 3.07. The van der Waals surface area contributed by atoms with Gasteiger partial charge in [0.1, 0.15) is 6.61 Å². The number of hydrogen-bond acceptors (Lipinski definition) is 5. The Hall–Kier alpha value is -2.74. The number of nitrogens with zero attached hydrogens (tertiary/aromatic N) is 1. The summed E-state index contributed by atoms with van der Waals surface area (Å²) in [4.78, 5) is 26.8. The van der Waals surface area contributed by atoms with Crippen LogP contribution < -0.4 is 9.47 Å². The van der Waals surface area contributed by atoms with Crippen LogP contribution in [0.3, 0.4) is 0 Å². The highest BCUT2D eigenvalue weighted by Gasteiger charge is 2.35. The molecular formula is C25H19BrClNO4S. The average molecular weight is 545 g/mol. The molecule has 4 rings (SSSR count). The highest BCUT2D eigenvalue weighted by atomic mass is 79.9. The van der Waals surface area contributed by atoms with Gasteiger partial charge in [-0.05, 0) is 70.9 Å². The Bertz CT molecular complexity index is 1210. The quantitative estimate of drug-likeness (QED) is 0.302. The van der Waals surface area contributed by atoms with Crippen LogP contribution in [0.1, 0.15) is 16.7 Å². The first kappa shape index (κ1) is 23.4. The van der Waals surface area contributed by atoms with Crippen molar-refractivity contribution in [1.29, 1.82) is 0 Å². The minimum Gasteiger partial charge on any atom is -0.493 e. The maximum atomic E-state index is 12.8. The van der Waals surface area contributed by atoms with Crippen LogP contribution in [-0.2, 0) is 17.9 Å². The molecule has 2 amide bonds. The van der Waals surface area contributed by atoms with Gasteiger partial charge in [0.2, 0.25) is 0 Å². The summed E-state index contributed by atoms with van der Waals surface area (Å²) < 4.78 is 12.4. The molecule has 1 saturated heterocycles. The molecule has 1 aliphatic heterocycles. The molecule has 0 saturated carbocycles. The smallest absolute Gasteiger partial charge is 0.293 e. The van der Waals surface area contributed by atoms with Crippen molar-refractivity contribution >= 4 is 56.5 Å². The predicted molar refractivity (Wildman–Crippen MR) is 134 cm³/mol. The predicted octanol–water partition coefficient (Wildman–Crippen LogP) is 6.93. The van der Waals surface area contributed by atoms with E-state index < -0.39 is 0 Å². The molecule has 0 N–H and O–H groups in total. The zero-order valence-electron chi connectivity index (χ0n) is 17.6. The summed E-state index contributed by atoms with van der Waals surface area (Å²) in [5.41, 5.74) is 2.59. The Morgan fingerprint density at radius 1 is 0.970 bits per heavy atom. The maximum Gasteiger partial charge on any atom is 0.293 e. The lowest BCUT2D eigenvalue weighted by atomic mass is 10.1. The molecule has 0 aromatic heterocycles. The second-order valence-corrected chi connectivity index (χ2v) is 9.57. The highest BCUT2D eigenvalue weighted by Crippen LogP contribution is 2.35. The standard InChI is InChI=1S/C25H19BrClNO4S/c1-31-22-12-18(6-11-21(22)32-15-17-2-7-19(26)8-3-17)13-23-24(29)28(25(30)33-23)14-16-4-9-20(27)10-5-16/h2-13H,14-15H2,1H3. The summed E-state index contributed by atoms with van der Waals surface area (Å²) in [6, 6.07) is 20.3. The molecule has 3 aromatic rings. The lowest BCUT2D eigenvalue weighted by Gasteiger charge is -2.12. The number of imide groups is 1. The van der Waals surface area contributed by atoms with Crippen molar-refractivity contribution in [2.24, 2.45) is 0 Å². The largest absolute Gasteiger partial charge is 0.493 e. The molecule has 1 aliphatic rings. The topological polar surface area (TPSA) is 55.8 Å². The van der Waals surface area contributed by atoms with E-state index in [0.717, 1.165) is 32.9 Å². The van der Waals surface area contributed by atoms with Gasteiger partial charge in [0.05, 0.1) is 18.6 Å². The first-order valence-electron chi connectivity index (χ1n) is 9.98. The Kier molecular flexibility index (Phi) is 7.42. The molecule has 0 radical (unpaired) electrons. The zero-order valence-corrected chi connectivity index (χ0v) is 20.7. The first-order valence-corrected chi connectivity index (χ1v) is 12.0. The summed E-state index contributed by atoms with van der Waals surface area (Å²) >= 11 is 10.2. The van der Waals surface area contributed by atoms with E-state index in [9.17, 15) is 9.59 Å². The van der Waals surface area contributed by atoms with Crippen LogP contribution in [0.15, 0.2) is 76.1 Å². The van der Waals surface area contributed by atoms with Crippen molar-refractivity contribution in [2.45, 2.75) is 13.2 Å². The number of carbonyl (C=O) groups is 2. The van der Waals surface area contributed by atoms with Crippen LogP contribution in [0.5, 0.6) is 11.5 Å². The second kappa shape index (κ2) is 10.5. The van der Waals surface area contributed by atoms with Crippen molar-refractivity contribution in [3.63, 3.8) is 0 Å². The fourth-order valence-corrected chi connectivity index (χ4v) is 4.42. The van der Waals surface area contributed by atoms with Crippen molar-refractivity contribution in [3.05, 3.63) is 97.8 Å². The number of carbonyl (C=O) groups excluding carboxylic acids is 2. The summed E-state index contributed by atoms with van der Waals surface area (Å²) in [5.74, 6) is 0.809. The van der Waals surface area contributed by atoms with Gasteiger partial charge in [0, 0.05) is 9.50 Å². The second-order valence-electron chi connectivity index (χ2n) is 7.22. The van der Waals surface area contributed by atoms with Crippen molar-refractivity contribution < 1.29 is 19.1 Å². The molecule has 5 nitrogen and oxygen atoms in total. The molecule has 3 aromatic carbocycles. The molecule has 0 aliphatic carbocycles. The lowest BCUT2D eigenvalue weighted by Crippen LogP contribution is -2.27. The van der Waals surface area contributed by atoms with Crippen LogP contribution in [0, 0.1) is 0 Å². The van der Waals surface area contributed by atoms with Gasteiger partial charge in [-0.3, -0.25) is 14.5 Å². The van der Waals surface area contributed by atoms with Gasteiger partial charge >= 0.3 is 0 Å². The number of methoxy groups -OCH3 is 1. The monoisotopic (exact) mass is 543 g/mol. The van der Waals surface area contributed by atoms with E-state index >= 15 is 0 Å². The summed E-state index contributed by atoms with van der Waals surface area (Å²) in [7, 11) is 1.56. The van der Waals surface area contributed by atoms with Crippen LogP contribution in [0.25, 0.3) is 6.08 Å². The van der Waals surface area contributed by atoms with E-state index in [1.165, 1.54) is 4.90 Å². The van der Waals surface area contributed by atoms with Gasteiger partial charge in [-0.25, -0.2) is 0 Å². The van der Waals surface area contributed by atoms with E-state index in [0.29, 0.717) is 28.0 Å². The normalized spacial score (nSPS) is 14.8. The fraction of sp³-hybridized carbons (Fsp3) is 0.120. The number of hydrogen-bond donors (Lipinski definition) is 0. The summed E-state index contributed by atoms with van der Waals surface area (Å²) in [5, 5.41) is 0.300. The molecule has 0 unspecified atom stereocenters. The summed E-state index contributed by atoms with van der Waals surface area (Å²) in [6.07, 6.45) is 1.69. The number of ether oxygens (including phenoxy) is 2. The van der Waals surface area contributed by atoms with Gasteiger partial charge in [0.25, 0.3) is 11.1 Å². The van der Waals surface area contributed by atoms with Crippen LogP contribution in [-0.4, -0.2) is 23.2 Å². The number of thioether (sulfide) groups is 1. The Labute approximate surface area is 209 Å². The zero-order chi connectivity index (χ0) is 23.4. The molecule has 0 spiro atoms. The number of amides is 2. The van der Waals surface area contributed by atoms with Crippen molar-refractivity contribution in [3.8, 4) is 11.5 Å². The minimum absolute atomic E-state index is 0.200. The Balaban J connectivity index is 1.47. The molecule has 0 bridgehead atoms. The van der Waals surface area contributed by atoms with E-state index in [2.05, 4.69) is 15.9 Å². The van der Waals surface area contributed by atoms with Gasteiger partial charge in [0.15, 0.2) is 11.5 Å². The third kappa shape index (κ3) is 5.79. The maximum absolute atomic E-state index is 12.8. The lowest BCUT2D eigenvalue weighted by molar-refractivity contribution is -0.123. The van der Waals surface area contributed by atoms with Gasteiger partial charge in [-0.1, -0.05) is 57.9 Å². The Morgan fingerprint density at radius 3 is 2.36 bits per heavy atom. The van der Waals surface area contributed by atoms with Crippen LogP contribution in [0.2, 0.25) is 5.02 Å². The molecule has 33 heavy (non-hydrogen) atoms. The van der Waals surface area contributed by atoms with Crippen molar-refractivity contribution in [2.75, 3.05) is 7.11 Å². The van der Waals surface area contributed by atoms with E-state index in [4.69, 9.17) is 21.1 Å². The Morgan fingerprint density at radius 2 is 1.67 bits per heavy atom. The molecule has 8 heteroatoms. The third-order valence-corrected chi connectivity index (χ3v) is 6.61. The molecular weight excluding hydrogens is 526 g/mol. The SMILES string of the molecule is COc1cc(C=C2SC(=O)N(Cc3ccc(Cl)cc3)C2=O)ccc1OCc1ccc(Br)cc1.